The van der Waals surface area contributed by atoms with E-state index in [0.29, 0.717) is 13.0 Å². The number of hydrogen-bond acceptors (Lipinski definition) is 2. The number of hydrogen-bond donors (Lipinski definition) is 0. The van der Waals surface area contributed by atoms with Crippen LogP contribution < -0.4 is 4.90 Å². The van der Waals surface area contributed by atoms with Gasteiger partial charge in [-0.1, -0.05) is 54.6 Å². The molecule has 1 fully saturated rings. The van der Waals surface area contributed by atoms with Crippen molar-refractivity contribution >= 4 is 22.6 Å². The summed E-state index contributed by atoms with van der Waals surface area (Å²) >= 11 is 0. The van der Waals surface area contributed by atoms with Gasteiger partial charge in [-0.3, -0.25) is 4.79 Å². The molecule has 0 spiro atoms. The number of nitrogens with zero attached hydrogens (tertiary/aromatic N) is 3. The number of aryl methyl sites for hydroxylation is 4. The smallest absolute Gasteiger partial charge is 0.227 e. The van der Waals surface area contributed by atoms with E-state index in [0.717, 1.165) is 41.1 Å². The molecule has 5 rings (SSSR count). The molecule has 1 saturated heterocycles. The molecule has 1 atom stereocenters. The third kappa shape index (κ3) is 3.74. The number of rotatable bonds is 5. The number of carbonyl (C=O) groups excluding carboxylic acids is 1. The maximum atomic E-state index is 13.0. The fraction of sp³-hybridized carbons (Fsp3) is 0.259. The zero-order valence-corrected chi connectivity index (χ0v) is 18.1. The average Bonchev–Trinajstić information content (AvgIpc) is 3.35. The molecule has 1 amide bonds. The second kappa shape index (κ2) is 8.03. The van der Waals surface area contributed by atoms with Crippen LogP contribution in [-0.2, 0) is 17.8 Å². The normalized spacial score (nSPS) is 16.4. The van der Waals surface area contributed by atoms with Crippen LogP contribution in [0.2, 0.25) is 0 Å². The molecule has 0 bridgehead atoms. The van der Waals surface area contributed by atoms with Crippen molar-refractivity contribution in [1.82, 2.24) is 9.55 Å². The Bertz CT molecular complexity index is 1240. The molecule has 0 radical (unpaired) electrons. The lowest BCUT2D eigenvalue weighted by Gasteiger charge is -2.20. The molecular formula is C27H27N3O. The number of amides is 1. The van der Waals surface area contributed by atoms with Crippen LogP contribution in [0.15, 0.2) is 72.8 Å². The van der Waals surface area contributed by atoms with Crippen LogP contribution in [0.1, 0.15) is 34.9 Å². The summed E-state index contributed by atoms with van der Waals surface area (Å²) in [6, 6.07) is 25.2. The van der Waals surface area contributed by atoms with Crippen LogP contribution >= 0.6 is 0 Å². The monoisotopic (exact) mass is 409 g/mol. The molecule has 3 aromatic carbocycles. The summed E-state index contributed by atoms with van der Waals surface area (Å²) in [4.78, 5) is 20.0. The van der Waals surface area contributed by atoms with E-state index in [2.05, 4.69) is 79.1 Å². The van der Waals surface area contributed by atoms with Crippen LogP contribution in [0.4, 0.5) is 5.69 Å². The number of benzene rings is 3. The van der Waals surface area contributed by atoms with Crippen molar-refractivity contribution in [2.75, 3.05) is 11.4 Å². The summed E-state index contributed by atoms with van der Waals surface area (Å²) in [5.41, 5.74) is 6.79. The van der Waals surface area contributed by atoms with Crippen molar-refractivity contribution in [2.45, 2.75) is 39.2 Å². The second-order valence-corrected chi connectivity index (χ2v) is 8.54. The SMILES string of the molecule is Cc1ccc(C)c(N2C[C@@H](c3nc4ccccc4n3CCc3ccccc3)CC2=O)c1. The minimum absolute atomic E-state index is 0.0931. The van der Waals surface area contributed by atoms with Crippen LogP contribution in [0, 0.1) is 13.8 Å². The predicted molar refractivity (Wildman–Crippen MR) is 126 cm³/mol. The van der Waals surface area contributed by atoms with E-state index < -0.39 is 0 Å². The fourth-order valence-electron chi connectivity index (χ4n) is 4.65. The van der Waals surface area contributed by atoms with Gasteiger partial charge in [0.15, 0.2) is 0 Å². The molecule has 0 unspecified atom stereocenters. The van der Waals surface area contributed by atoms with Gasteiger partial charge in [0.1, 0.15) is 5.82 Å². The molecule has 1 aliphatic heterocycles. The lowest BCUT2D eigenvalue weighted by atomic mass is 10.1. The van der Waals surface area contributed by atoms with Gasteiger partial charge in [-0.25, -0.2) is 4.98 Å². The summed E-state index contributed by atoms with van der Waals surface area (Å²) in [6.07, 6.45) is 1.44. The van der Waals surface area contributed by atoms with E-state index in [1.165, 1.54) is 11.1 Å². The number of fused-ring (bicyclic) bond motifs is 1. The molecule has 156 valence electrons. The first-order valence-electron chi connectivity index (χ1n) is 11.0. The molecule has 1 aliphatic rings. The van der Waals surface area contributed by atoms with Crippen molar-refractivity contribution in [3.8, 4) is 0 Å². The number of carbonyl (C=O) groups is 1. The molecule has 4 heteroatoms. The van der Waals surface area contributed by atoms with Gasteiger partial charge >= 0.3 is 0 Å². The number of para-hydroxylation sites is 2. The highest BCUT2D eigenvalue weighted by atomic mass is 16.2. The first-order valence-corrected chi connectivity index (χ1v) is 11.0. The Hall–Kier alpha value is -3.40. The molecule has 2 heterocycles. The number of aromatic nitrogens is 2. The number of anilines is 1. The van der Waals surface area contributed by atoms with Gasteiger partial charge in [0, 0.05) is 31.1 Å². The lowest BCUT2D eigenvalue weighted by molar-refractivity contribution is -0.117. The minimum Gasteiger partial charge on any atom is -0.327 e. The van der Waals surface area contributed by atoms with E-state index in [1.807, 2.05) is 17.0 Å². The Morgan fingerprint density at radius 1 is 0.968 bits per heavy atom. The molecule has 4 aromatic rings. The van der Waals surface area contributed by atoms with E-state index in [4.69, 9.17) is 4.98 Å². The molecule has 31 heavy (non-hydrogen) atoms. The molecular weight excluding hydrogens is 382 g/mol. The van der Waals surface area contributed by atoms with Gasteiger partial charge in [-0.15, -0.1) is 0 Å². The van der Waals surface area contributed by atoms with Gasteiger partial charge in [0.25, 0.3) is 0 Å². The standard InChI is InChI=1S/C27H27N3O/c1-19-12-13-20(2)25(16-19)30-18-22(17-26(30)31)27-28-23-10-6-7-11-24(23)29(27)15-14-21-8-4-3-5-9-21/h3-13,16,22H,14-15,17-18H2,1-2H3/t22-/m0/s1. The Morgan fingerprint density at radius 2 is 1.74 bits per heavy atom. The first-order chi connectivity index (χ1) is 15.1. The van der Waals surface area contributed by atoms with Crippen molar-refractivity contribution in [1.29, 1.82) is 0 Å². The third-order valence-electron chi connectivity index (χ3n) is 6.30. The maximum absolute atomic E-state index is 13.0. The summed E-state index contributed by atoms with van der Waals surface area (Å²) in [7, 11) is 0. The van der Waals surface area contributed by atoms with Crippen LogP contribution in [-0.4, -0.2) is 22.0 Å². The third-order valence-corrected chi connectivity index (χ3v) is 6.30. The summed E-state index contributed by atoms with van der Waals surface area (Å²) in [5.74, 6) is 1.30. The van der Waals surface area contributed by atoms with E-state index in [1.54, 1.807) is 0 Å². The topological polar surface area (TPSA) is 38.1 Å². The largest absolute Gasteiger partial charge is 0.327 e. The first kappa shape index (κ1) is 19.6. The Labute approximate surface area is 183 Å². The minimum atomic E-state index is 0.0931. The van der Waals surface area contributed by atoms with E-state index in [9.17, 15) is 4.79 Å². The molecule has 0 aliphatic carbocycles. The van der Waals surface area contributed by atoms with Gasteiger partial charge in [0.05, 0.1) is 11.0 Å². The maximum Gasteiger partial charge on any atom is 0.227 e. The van der Waals surface area contributed by atoms with Crippen molar-refractivity contribution in [3.05, 3.63) is 95.3 Å². The quantitative estimate of drug-likeness (QED) is 0.442. The zero-order valence-electron chi connectivity index (χ0n) is 18.1. The second-order valence-electron chi connectivity index (χ2n) is 8.54. The van der Waals surface area contributed by atoms with E-state index >= 15 is 0 Å². The summed E-state index contributed by atoms with van der Waals surface area (Å²) in [6.45, 7) is 5.68. The highest BCUT2D eigenvalue weighted by Gasteiger charge is 2.35. The molecule has 0 saturated carbocycles. The fourth-order valence-corrected chi connectivity index (χ4v) is 4.65. The highest BCUT2D eigenvalue weighted by molar-refractivity contribution is 5.97. The van der Waals surface area contributed by atoms with Gasteiger partial charge in [-0.2, -0.15) is 0 Å². The Kier molecular flexibility index (Phi) is 5.06. The molecule has 1 aromatic heterocycles. The summed E-state index contributed by atoms with van der Waals surface area (Å²) in [5, 5.41) is 0. The predicted octanol–water partition coefficient (Wildman–Crippen LogP) is 5.42. The van der Waals surface area contributed by atoms with Gasteiger partial charge in [0.2, 0.25) is 5.91 Å². The molecule has 0 N–H and O–H groups in total. The van der Waals surface area contributed by atoms with Crippen LogP contribution in [0.25, 0.3) is 11.0 Å². The zero-order chi connectivity index (χ0) is 21.4. The van der Waals surface area contributed by atoms with Crippen molar-refractivity contribution in [2.24, 2.45) is 0 Å². The summed E-state index contributed by atoms with van der Waals surface area (Å²) < 4.78 is 2.33. The average molecular weight is 410 g/mol. The highest BCUT2D eigenvalue weighted by Crippen LogP contribution is 2.35. The molecule has 4 nitrogen and oxygen atoms in total. The van der Waals surface area contributed by atoms with Gasteiger partial charge in [-0.05, 0) is 55.2 Å². The van der Waals surface area contributed by atoms with Gasteiger partial charge < -0.3 is 9.47 Å². The number of imidazole rings is 1. The van der Waals surface area contributed by atoms with Crippen LogP contribution in [0.5, 0.6) is 0 Å². The Morgan fingerprint density at radius 3 is 2.58 bits per heavy atom. The van der Waals surface area contributed by atoms with Crippen molar-refractivity contribution < 1.29 is 4.79 Å². The van der Waals surface area contributed by atoms with E-state index in [-0.39, 0.29) is 11.8 Å². The lowest BCUT2D eigenvalue weighted by Crippen LogP contribution is -2.25. The van der Waals surface area contributed by atoms with Crippen molar-refractivity contribution in [3.63, 3.8) is 0 Å². The van der Waals surface area contributed by atoms with Crippen LogP contribution in [0.3, 0.4) is 0 Å². The Balaban J connectivity index is 1.48.